The van der Waals surface area contributed by atoms with Crippen molar-refractivity contribution in [2.24, 2.45) is 15.7 Å². The van der Waals surface area contributed by atoms with E-state index >= 15 is 0 Å². The molecule has 0 radical (unpaired) electrons. The van der Waals surface area contributed by atoms with Crippen molar-refractivity contribution in [2.75, 3.05) is 11.9 Å². The molecule has 0 fully saturated rings. The number of anilines is 1. The Morgan fingerprint density at radius 2 is 1.27 bits per heavy atom. The van der Waals surface area contributed by atoms with Crippen LogP contribution in [0.15, 0.2) is 101 Å². The number of nitrogens with zero attached hydrogens (tertiary/aromatic N) is 3. The molecule has 132 valence electrons. The number of aliphatic imine (C=N–C) groups is 2. The van der Waals surface area contributed by atoms with E-state index in [0.717, 1.165) is 16.9 Å². The summed E-state index contributed by atoms with van der Waals surface area (Å²) in [4.78, 5) is 11.2. The quantitative estimate of drug-likeness (QED) is 0.543. The van der Waals surface area contributed by atoms with Gasteiger partial charge in [0.1, 0.15) is 5.84 Å². The number of hydrogen-bond acceptors (Lipinski definition) is 1. The van der Waals surface area contributed by atoms with Crippen LogP contribution in [-0.2, 0) is 0 Å². The molecule has 0 spiro atoms. The summed E-state index contributed by atoms with van der Waals surface area (Å²) in [6.07, 6.45) is 0. The van der Waals surface area contributed by atoms with Gasteiger partial charge in [0.15, 0.2) is 0 Å². The van der Waals surface area contributed by atoms with Gasteiger partial charge in [0.05, 0.1) is 5.69 Å². The van der Waals surface area contributed by atoms with Crippen LogP contribution in [0.2, 0.25) is 0 Å². The molecule has 5 heteroatoms. The second kappa shape index (κ2) is 9.39. The van der Waals surface area contributed by atoms with Crippen molar-refractivity contribution in [3.8, 4) is 0 Å². The molecule has 3 aromatic carbocycles. The predicted octanol–water partition coefficient (Wildman–Crippen LogP) is 4.64. The molecule has 0 aromatic heterocycles. The van der Waals surface area contributed by atoms with Gasteiger partial charge < -0.3 is 10.6 Å². The lowest BCUT2D eigenvalue weighted by Crippen LogP contribution is -2.27. The third-order valence-corrected chi connectivity index (χ3v) is 3.72. The zero-order valence-corrected chi connectivity index (χ0v) is 15.3. The number of benzene rings is 3. The number of amidine groups is 1. The Labute approximate surface area is 160 Å². The topological polar surface area (TPSA) is 54.0 Å². The summed E-state index contributed by atoms with van der Waals surface area (Å²) in [6, 6.07) is 29.4. The minimum atomic E-state index is 0. The van der Waals surface area contributed by atoms with Gasteiger partial charge in [-0.3, -0.25) is 0 Å². The van der Waals surface area contributed by atoms with Crippen LogP contribution in [0.5, 0.6) is 0 Å². The Morgan fingerprint density at radius 1 is 0.769 bits per heavy atom. The molecule has 0 aliphatic heterocycles. The Bertz CT molecular complexity index is 862. The second-order valence-electron chi connectivity index (χ2n) is 5.50. The van der Waals surface area contributed by atoms with E-state index in [2.05, 4.69) is 9.98 Å². The minimum Gasteiger partial charge on any atom is -0.383 e. The van der Waals surface area contributed by atoms with Gasteiger partial charge in [-0.05, 0) is 24.3 Å². The first-order valence-electron chi connectivity index (χ1n) is 8.06. The summed E-state index contributed by atoms with van der Waals surface area (Å²) in [5.74, 6) is 0.955. The monoisotopic (exact) mass is 364 g/mol. The van der Waals surface area contributed by atoms with Crippen molar-refractivity contribution in [1.29, 1.82) is 0 Å². The predicted molar refractivity (Wildman–Crippen MR) is 113 cm³/mol. The molecule has 2 N–H and O–H groups in total. The van der Waals surface area contributed by atoms with Crippen molar-refractivity contribution in [3.05, 3.63) is 96.6 Å². The standard InChI is InChI=1S/C21H20N4.ClH/c1-25(19-15-9-4-10-16-19)21(23-18-13-7-3-8-14-18)24-20(22)17-11-5-2-6-12-17;/h2-16H,1H3,(H2,22,23,24);1H. The van der Waals surface area contributed by atoms with Crippen LogP contribution < -0.4 is 10.6 Å². The van der Waals surface area contributed by atoms with Crippen LogP contribution in [0.1, 0.15) is 5.56 Å². The number of hydrogen-bond donors (Lipinski definition) is 1. The molecule has 3 rings (SSSR count). The number of rotatable bonds is 3. The van der Waals surface area contributed by atoms with E-state index in [9.17, 15) is 0 Å². The van der Waals surface area contributed by atoms with E-state index in [-0.39, 0.29) is 12.4 Å². The summed E-state index contributed by atoms with van der Waals surface area (Å²) in [5.41, 5.74) is 8.89. The van der Waals surface area contributed by atoms with Gasteiger partial charge >= 0.3 is 0 Å². The van der Waals surface area contributed by atoms with E-state index in [1.54, 1.807) is 0 Å². The molecule has 0 bridgehead atoms. The SMILES string of the molecule is CN(C(N=C(N)c1ccccc1)=Nc1ccccc1)c1ccccc1.Cl. The van der Waals surface area contributed by atoms with Crippen LogP contribution in [-0.4, -0.2) is 18.8 Å². The first-order chi connectivity index (χ1) is 12.2. The lowest BCUT2D eigenvalue weighted by Gasteiger charge is -2.19. The highest BCUT2D eigenvalue weighted by Crippen LogP contribution is 2.17. The maximum absolute atomic E-state index is 6.21. The zero-order chi connectivity index (χ0) is 17.5. The first kappa shape index (κ1) is 19.2. The van der Waals surface area contributed by atoms with Crippen LogP contribution >= 0.6 is 12.4 Å². The minimum absolute atomic E-state index is 0. The van der Waals surface area contributed by atoms with E-state index in [4.69, 9.17) is 5.73 Å². The number of para-hydroxylation sites is 2. The molecule has 0 unspecified atom stereocenters. The van der Waals surface area contributed by atoms with Crippen LogP contribution in [0.4, 0.5) is 11.4 Å². The van der Waals surface area contributed by atoms with Crippen LogP contribution in [0.25, 0.3) is 0 Å². The molecule has 0 saturated carbocycles. The molecule has 4 nitrogen and oxygen atoms in total. The molecule has 0 amide bonds. The number of halogens is 1. The molecule has 3 aromatic rings. The Balaban J connectivity index is 0.00000243. The summed E-state index contributed by atoms with van der Waals surface area (Å²) < 4.78 is 0. The van der Waals surface area contributed by atoms with E-state index in [1.807, 2.05) is 103 Å². The highest BCUT2D eigenvalue weighted by molar-refractivity contribution is 6.09. The Morgan fingerprint density at radius 3 is 1.85 bits per heavy atom. The Kier molecular flexibility index (Phi) is 6.94. The molecule has 26 heavy (non-hydrogen) atoms. The van der Waals surface area contributed by atoms with Gasteiger partial charge in [0.2, 0.25) is 5.96 Å². The molecular weight excluding hydrogens is 344 g/mol. The smallest absolute Gasteiger partial charge is 0.232 e. The summed E-state index contributed by atoms with van der Waals surface area (Å²) in [5, 5.41) is 0. The lowest BCUT2D eigenvalue weighted by molar-refractivity contribution is 1.21. The Hall–Kier alpha value is -3.11. The molecule has 0 atom stereocenters. The van der Waals surface area contributed by atoms with Crippen LogP contribution in [0.3, 0.4) is 0 Å². The van der Waals surface area contributed by atoms with Crippen molar-refractivity contribution >= 4 is 35.6 Å². The third-order valence-electron chi connectivity index (χ3n) is 3.72. The summed E-state index contributed by atoms with van der Waals surface area (Å²) in [7, 11) is 1.93. The van der Waals surface area contributed by atoms with Crippen molar-refractivity contribution in [1.82, 2.24) is 0 Å². The fourth-order valence-corrected chi connectivity index (χ4v) is 2.34. The van der Waals surface area contributed by atoms with Gasteiger partial charge in [-0.25, -0.2) is 4.99 Å². The lowest BCUT2D eigenvalue weighted by atomic mass is 10.2. The van der Waals surface area contributed by atoms with Gasteiger partial charge in [-0.15, -0.1) is 12.4 Å². The maximum atomic E-state index is 6.21. The number of nitrogens with two attached hydrogens (primary N) is 1. The molecule has 0 aliphatic carbocycles. The van der Waals surface area contributed by atoms with Crippen LogP contribution in [0, 0.1) is 0 Å². The fraction of sp³-hybridized carbons (Fsp3) is 0.0476. The van der Waals surface area contributed by atoms with Gasteiger partial charge in [-0.1, -0.05) is 66.7 Å². The highest BCUT2D eigenvalue weighted by atomic mass is 35.5. The maximum Gasteiger partial charge on any atom is 0.232 e. The van der Waals surface area contributed by atoms with Gasteiger partial charge in [-0.2, -0.15) is 4.99 Å². The van der Waals surface area contributed by atoms with E-state index < -0.39 is 0 Å². The zero-order valence-electron chi connectivity index (χ0n) is 14.5. The third kappa shape index (κ3) is 4.94. The van der Waals surface area contributed by atoms with Crippen molar-refractivity contribution < 1.29 is 0 Å². The second-order valence-corrected chi connectivity index (χ2v) is 5.50. The van der Waals surface area contributed by atoms with Gasteiger partial charge in [0, 0.05) is 18.3 Å². The van der Waals surface area contributed by atoms with Crippen molar-refractivity contribution in [3.63, 3.8) is 0 Å². The number of guanidine groups is 1. The van der Waals surface area contributed by atoms with E-state index in [1.165, 1.54) is 0 Å². The fourth-order valence-electron chi connectivity index (χ4n) is 2.34. The molecule has 0 heterocycles. The highest BCUT2D eigenvalue weighted by Gasteiger charge is 2.10. The molecule has 0 aliphatic rings. The summed E-state index contributed by atoms with van der Waals surface area (Å²) >= 11 is 0. The largest absolute Gasteiger partial charge is 0.383 e. The molecule has 0 saturated heterocycles. The molecular formula is C21H21ClN4. The average Bonchev–Trinajstić information content (AvgIpc) is 2.69. The normalized spacial score (nSPS) is 11.6. The first-order valence-corrected chi connectivity index (χ1v) is 8.06. The van der Waals surface area contributed by atoms with Gasteiger partial charge in [0.25, 0.3) is 0 Å². The van der Waals surface area contributed by atoms with Crippen molar-refractivity contribution in [2.45, 2.75) is 0 Å². The average molecular weight is 365 g/mol. The van der Waals surface area contributed by atoms with E-state index in [0.29, 0.717) is 11.8 Å². The summed E-state index contributed by atoms with van der Waals surface area (Å²) in [6.45, 7) is 0.